The third kappa shape index (κ3) is 2.93. The SMILES string of the molecule is O=C(NCc1ccc2c(c1)OCCCO2)[C@@H]1C=CCN1. The van der Waals surface area contributed by atoms with Gasteiger partial charge in [0, 0.05) is 19.5 Å². The van der Waals surface area contributed by atoms with E-state index in [1.807, 2.05) is 30.4 Å². The Bertz CT molecular complexity index is 528. The van der Waals surface area contributed by atoms with Crippen molar-refractivity contribution in [3.8, 4) is 11.5 Å². The second kappa shape index (κ2) is 5.96. The van der Waals surface area contributed by atoms with Gasteiger partial charge in [-0.2, -0.15) is 0 Å². The fraction of sp³-hybridized carbons (Fsp3) is 0.400. The first-order valence-electron chi connectivity index (χ1n) is 6.89. The maximum Gasteiger partial charge on any atom is 0.241 e. The van der Waals surface area contributed by atoms with E-state index < -0.39 is 0 Å². The molecule has 0 spiro atoms. The molecule has 2 heterocycles. The lowest BCUT2D eigenvalue weighted by Gasteiger charge is -2.12. The molecular formula is C15H18N2O3. The highest BCUT2D eigenvalue weighted by Gasteiger charge is 2.17. The second-order valence-corrected chi connectivity index (χ2v) is 4.86. The van der Waals surface area contributed by atoms with Crippen molar-refractivity contribution in [3.05, 3.63) is 35.9 Å². The predicted octanol–water partition coefficient (Wildman–Crippen LogP) is 0.992. The molecule has 0 fully saturated rings. The van der Waals surface area contributed by atoms with Crippen molar-refractivity contribution in [1.29, 1.82) is 0 Å². The fourth-order valence-corrected chi connectivity index (χ4v) is 2.26. The molecular weight excluding hydrogens is 256 g/mol. The highest BCUT2D eigenvalue weighted by atomic mass is 16.5. The van der Waals surface area contributed by atoms with Gasteiger partial charge in [0.25, 0.3) is 0 Å². The van der Waals surface area contributed by atoms with Crippen molar-refractivity contribution in [1.82, 2.24) is 10.6 Å². The van der Waals surface area contributed by atoms with Crippen LogP contribution in [-0.2, 0) is 11.3 Å². The Labute approximate surface area is 118 Å². The van der Waals surface area contributed by atoms with Crippen LogP contribution in [0, 0.1) is 0 Å². The fourth-order valence-electron chi connectivity index (χ4n) is 2.26. The van der Waals surface area contributed by atoms with Crippen LogP contribution in [0.15, 0.2) is 30.4 Å². The van der Waals surface area contributed by atoms with Crippen LogP contribution >= 0.6 is 0 Å². The molecule has 20 heavy (non-hydrogen) atoms. The van der Waals surface area contributed by atoms with Gasteiger partial charge in [-0.25, -0.2) is 0 Å². The van der Waals surface area contributed by atoms with Gasteiger partial charge in [0.2, 0.25) is 5.91 Å². The number of rotatable bonds is 3. The van der Waals surface area contributed by atoms with E-state index >= 15 is 0 Å². The highest BCUT2D eigenvalue weighted by molar-refractivity contribution is 5.84. The second-order valence-electron chi connectivity index (χ2n) is 4.86. The molecule has 0 aromatic heterocycles. The van der Waals surface area contributed by atoms with Crippen LogP contribution in [0.1, 0.15) is 12.0 Å². The Kier molecular flexibility index (Phi) is 3.87. The monoisotopic (exact) mass is 274 g/mol. The molecule has 1 atom stereocenters. The van der Waals surface area contributed by atoms with Gasteiger partial charge in [-0.05, 0) is 17.7 Å². The summed E-state index contributed by atoms with van der Waals surface area (Å²) >= 11 is 0. The molecule has 0 saturated heterocycles. The summed E-state index contributed by atoms with van der Waals surface area (Å²) in [5.41, 5.74) is 1.00. The molecule has 5 heteroatoms. The highest BCUT2D eigenvalue weighted by Crippen LogP contribution is 2.30. The molecule has 0 unspecified atom stereocenters. The summed E-state index contributed by atoms with van der Waals surface area (Å²) in [7, 11) is 0. The minimum atomic E-state index is -0.213. The first-order chi connectivity index (χ1) is 9.83. The molecule has 0 radical (unpaired) electrons. The standard InChI is InChI=1S/C15H18N2O3/c18-15(12-3-1-6-16-12)17-10-11-4-5-13-14(9-11)20-8-2-7-19-13/h1,3-5,9,12,16H,2,6-8,10H2,(H,17,18)/t12-/m0/s1. The lowest BCUT2D eigenvalue weighted by Crippen LogP contribution is -2.40. The number of amides is 1. The Hall–Kier alpha value is -2.01. The predicted molar refractivity (Wildman–Crippen MR) is 74.8 cm³/mol. The van der Waals surface area contributed by atoms with E-state index in [2.05, 4.69) is 10.6 Å². The summed E-state index contributed by atoms with van der Waals surface area (Å²) in [5.74, 6) is 1.52. The molecule has 5 nitrogen and oxygen atoms in total. The van der Waals surface area contributed by atoms with Gasteiger partial charge in [0.15, 0.2) is 11.5 Å². The Morgan fingerprint density at radius 1 is 1.30 bits per heavy atom. The zero-order valence-corrected chi connectivity index (χ0v) is 11.2. The van der Waals surface area contributed by atoms with Crippen LogP contribution in [0.3, 0.4) is 0 Å². The number of carbonyl (C=O) groups excluding carboxylic acids is 1. The van der Waals surface area contributed by atoms with Crippen molar-refractivity contribution >= 4 is 5.91 Å². The summed E-state index contributed by atoms with van der Waals surface area (Å²) in [4.78, 5) is 11.9. The van der Waals surface area contributed by atoms with Gasteiger partial charge in [0.1, 0.15) is 6.04 Å². The molecule has 2 N–H and O–H groups in total. The summed E-state index contributed by atoms with van der Waals surface area (Å²) in [6.07, 6.45) is 4.72. The quantitative estimate of drug-likeness (QED) is 0.807. The molecule has 2 aliphatic heterocycles. The van der Waals surface area contributed by atoms with E-state index in [9.17, 15) is 4.79 Å². The van der Waals surface area contributed by atoms with Gasteiger partial charge >= 0.3 is 0 Å². The maximum atomic E-state index is 11.9. The van der Waals surface area contributed by atoms with Crippen LogP contribution in [-0.4, -0.2) is 31.7 Å². The molecule has 0 bridgehead atoms. The van der Waals surface area contributed by atoms with E-state index in [0.29, 0.717) is 19.8 Å². The number of nitrogens with one attached hydrogen (secondary N) is 2. The summed E-state index contributed by atoms with van der Waals surface area (Å²) in [6.45, 7) is 2.59. The van der Waals surface area contributed by atoms with Crippen molar-refractivity contribution in [3.63, 3.8) is 0 Å². The maximum absolute atomic E-state index is 11.9. The van der Waals surface area contributed by atoms with Gasteiger partial charge in [0.05, 0.1) is 13.2 Å². The molecule has 1 aromatic rings. The Morgan fingerprint density at radius 3 is 2.95 bits per heavy atom. The topological polar surface area (TPSA) is 59.6 Å². The number of hydrogen-bond donors (Lipinski definition) is 2. The summed E-state index contributed by atoms with van der Waals surface area (Å²) in [5, 5.41) is 6.00. The molecule has 3 rings (SSSR count). The number of carbonyl (C=O) groups is 1. The molecule has 1 amide bonds. The number of hydrogen-bond acceptors (Lipinski definition) is 4. The molecule has 0 saturated carbocycles. The average molecular weight is 274 g/mol. The van der Waals surface area contributed by atoms with Crippen LogP contribution in [0.5, 0.6) is 11.5 Å². The van der Waals surface area contributed by atoms with Crippen molar-refractivity contribution in [2.24, 2.45) is 0 Å². The average Bonchev–Trinajstić information content (AvgIpc) is 2.90. The summed E-state index contributed by atoms with van der Waals surface area (Å²) in [6, 6.07) is 5.57. The number of benzene rings is 1. The van der Waals surface area contributed by atoms with Crippen LogP contribution in [0.2, 0.25) is 0 Å². The van der Waals surface area contributed by atoms with Crippen molar-refractivity contribution < 1.29 is 14.3 Å². The van der Waals surface area contributed by atoms with E-state index in [-0.39, 0.29) is 11.9 Å². The van der Waals surface area contributed by atoms with Crippen molar-refractivity contribution in [2.45, 2.75) is 19.0 Å². The van der Waals surface area contributed by atoms with Crippen LogP contribution in [0.25, 0.3) is 0 Å². The molecule has 2 aliphatic rings. The Balaban J connectivity index is 1.61. The van der Waals surface area contributed by atoms with E-state index in [0.717, 1.165) is 30.0 Å². The third-order valence-corrected chi connectivity index (χ3v) is 3.35. The number of fused-ring (bicyclic) bond motifs is 1. The van der Waals surface area contributed by atoms with E-state index in [1.165, 1.54) is 0 Å². The minimum Gasteiger partial charge on any atom is -0.490 e. The molecule has 0 aliphatic carbocycles. The third-order valence-electron chi connectivity index (χ3n) is 3.35. The zero-order chi connectivity index (χ0) is 13.8. The van der Waals surface area contributed by atoms with Gasteiger partial charge in [-0.15, -0.1) is 0 Å². The van der Waals surface area contributed by atoms with Gasteiger partial charge in [-0.3, -0.25) is 10.1 Å². The smallest absolute Gasteiger partial charge is 0.241 e. The normalized spacial score (nSPS) is 20.5. The number of ether oxygens (including phenoxy) is 2. The first-order valence-corrected chi connectivity index (χ1v) is 6.89. The first kappa shape index (κ1) is 13.0. The largest absolute Gasteiger partial charge is 0.490 e. The lowest BCUT2D eigenvalue weighted by molar-refractivity contribution is -0.122. The van der Waals surface area contributed by atoms with Crippen molar-refractivity contribution in [2.75, 3.05) is 19.8 Å². The zero-order valence-electron chi connectivity index (χ0n) is 11.2. The molecule has 106 valence electrons. The van der Waals surface area contributed by atoms with Crippen LogP contribution < -0.4 is 20.1 Å². The van der Waals surface area contributed by atoms with E-state index in [4.69, 9.17) is 9.47 Å². The summed E-state index contributed by atoms with van der Waals surface area (Å²) < 4.78 is 11.2. The van der Waals surface area contributed by atoms with Gasteiger partial charge < -0.3 is 14.8 Å². The Morgan fingerprint density at radius 2 is 2.15 bits per heavy atom. The van der Waals surface area contributed by atoms with Gasteiger partial charge in [-0.1, -0.05) is 18.2 Å². The lowest BCUT2D eigenvalue weighted by atomic mass is 10.2. The van der Waals surface area contributed by atoms with Crippen LogP contribution in [0.4, 0.5) is 0 Å². The molecule has 1 aromatic carbocycles. The minimum absolute atomic E-state index is 0.00846. The van der Waals surface area contributed by atoms with E-state index in [1.54, 1.807) is 0 Å².